The van der Waals surface area contributed by atoms with E-state index in [0.717, 1.165) is 36.1 Å². The second-order valence-corrected chi connectivity index (χ2v) is 6.87. The minimum Gasteiger partial charge on any atom is -0.465 e. The fraction of sp³-hybridized carbons (Fsp3) is 0.444. The van der Waals surface area contributed by atoms with Gasteiger partial charge in [0.2, 0.25) is 0 Å². The first-order valence-electron chi connectivity index (χ1n) is 8.34. The zero-order chi connectivity index (χ0) is 17.8. The van der Waals surface area contributed by atoms with Gasteiger partial charge in [-0.3, -0.25) is 4.79 Å². The first kappa shape index (κ1) is 17.7. The molecular formula is C18H21NO5S. The number of esters is 1. The first-order valence-corrected chi connectivity index (χ1v) is 9.16. The predicted molar refractivity (Wildman–Crippen MR) is 94.3 cm³/mol. The van der Waals surface area contributed by atoms with Crippen LogP contribution in [-0.4, -0.2) is 25.6 Å². The minimum atomic E-state index is -0.411. The average Bonchev–Trinajstić information content (AvgIpc) is 3.23. The lowest BCUT2D eigenvalue weighted by Crippen LogP contribution is -2.14. The number of hydrogen-bond donors (Lipinski definition) is 1. The van der Waals surface area contributed by atoms with Gasteiger partial charge in [0.1, 0.15) is 17.4 Å². The van der Waals surface area contributed by atoms with Crippen LogP contribution in [0.3, 0.4) is 0 Å². The Bertz CT molecular complexity index is 777. The van der Waals surface area contributed by atoms with Crippen LogP contribution in [0.4, 0.5) is 5.00 Å². The van der Waals surface area contributed by atoms with Gasteiger partial charge in [0.15, 0.2) is 5.76 Å². The number of ether oxygens (including phenoxy) is 2. The van der Waals surface area contributed by atoms with Crippen LogP contribution in [0.1, 0.15) is 56.9 Å². The number of carbonyl (C=O) groups is 2. The molecule has 0 spiro atoms. The molecular weight excluding hydrogens is 342 g/mol. The molecule has 0 saturated heterocycles. The molecule has 0 aromatic carbocycles. The van der Waals surface area contributed by atoms with Crippen LogP contribution in [-0.2, 0) is 28.9 Å². The summed E-state index contributed by atoms with van der Waals surface area (Å²) in [5, 5.41) is 3.35. The lowest BCUT2D eigenvalue weighted by molar-refractivity contribution is 0.0601. The van der Waals surface area contributed by atoms with Crippen molar-refractivity contribution in [3.63, 3.8) is 0 Å². The number of furan rings is 1. The van der Waals surface area contributed by atoms with Crippen LogP contribution in [0, 0.1) is 0 Å². The highest BCUT2D eigenvalue weighted by atomic mass is 32.1. The zero-order valence-electron chi connectivity index (χ0n) is 14.3. The van der Waals surface area contributed by atoms with Gasteiger partial charge in [0.25, 0.3) is 5.91 Å². The van der Waals surface area contributed by atoms with Crippen molar-refractivity contribution in [3.8, 4) is 0 Å². The number of anilines is 1. The van der Waals surface area contributed by atoms with Gasteiger partial charge < -0.3 is 19.2 Å². The standard InChI is InChI=1S/C18H21NO5S/c1-3-23-10-11-8-9-13(24-11)16(20)19-17-15(18(21)22-2)12-6-4-5-7-14(12)25-17/h8-9H,3-7,10H2,1-2H3,(H,19,20). The molecule has 0 aliphatic heterocycles. The molecule has 0 atom stereocenters. The van der Waals surface area contributed by atoms with E-state index in [4.69, 9.17) is 13.9 Å². The molecule has 0 unspecified atom stereocenters. The second kappa shape index (κ2) is 7.84. The highest BCUT2D eigenvalue weighted by molar-refractivity contribution is 7.17. The van der Waals surface area contributed by atoms with Crippen molar-refractivity contribution in [3.05, 3.63) is 39.7 Å². The minimum absolute atomic E-state index is 0.192. The third-order valence-corrected chi connectivity index (χ3v) is 5.33. The molecule has 0 bridgehead atoms. The van der Waals surface area contributed by atoms with Crippen LogP contribution >= 0.6 is 11.3 Å². The number of hydrogen-bond acceptors (Lipinski definition) is 6. The van der Waals surface area contributed by atoms with Crippen molar-refractivity contribution in [2.24, 2.45) is 0 Å². The molecule has 0 fully saturated rings. The molecule has 2 aromatic heterocycles. The van der Waals surface area contributed by atoms with Crippen LogP contribution in [0.15, 0.2) is 16.5 Å². The van der Waals surface area contributed by atoms with E-state index in [1.165, 1.54) is 18.4 Å². The summed E-state index contributed by atoms with van der Waals surface area (Å²) in [6.07, 6.45) is 3.91. The third kappa shape index (κ3) is 3.77. The summed E-state index contributed by atoms with van der Waals surface area (Å²) in [5.41, 5.74) is 1.49. The number of methoxy groups -OCH3 is 1. The fourth-order valence-electron chi connectivity index (χ4n) is 2.92. The maximum Gasteiger partial charge on any atom is 0.341 e. The molecule has 2 heterocycles. The second-order valence-electron chi connectivity index (χ2n) is 5.76. The van der Waals surface area contributed by atoms with Crippen LogP contribution in [0.2, 0.25) is 0 Å². The molecule has 0 saturated carbocycles. The summed E-state index contributed by atoms with van der Waals surface area (Å²) >= 11 is 1.45. The van der Waals surface area contributed by atoms with Gasteiger partial charge in [-0.15, -0.1) is 11.3 Å². The van der Waals surface area contributed by atoms with Crippen LogP contribution < -0.4 is 5.32 Å². The van der Waals surface area contributed by atoms with E-state index >= 15 is 0 Å². The van der Waals surface area contributed by atoms with E-state index in [0.29, 0.717) is 29.5 Å². The predicted octanol–water partition coefficient (Wildman–Crippen LogP) is 3.80. The number of rotatable bonds is 6. The Kier molecular flexibility index (Phi) is 5.55. The molecule has 6 nitrogen and oxygen atoms in total. The van der Waals surface area contributed by atoms with Crippen molar-refractivity contribution in [1.82, 2.24) is 0 Å². The molecule has 25 heavy (non-hydrogen) atoms. The topological polar surface area (TPSA) is 77.8 Å². The Hall–Kier alpha value is -2.12. The summed E-state index contributed by atoms with van der Waals surface area (Å²) in [5.74, 6) is -0.0137. The van der Waals surface area contributed by atoms with E-state index < -0.39 is 5.97 Å². The maximum atomic E-state index is 12.5. The number of nitrogens with one attached hydrogen (secondary N) is 1. The summed E-state index contributed by atoms with van der Waals surface area (Å²) in [7, 11) is 1.35. The molecule has 1 aliphatic carbocycles. The molecule has 7 heteroatoms. The van der Waals surface area contributed by atoms with Gasteiger partial charge in [-0.25, -0.2) is 4.79 Å². The molecule has 1 N–H and O–H groups in total. The Morgan fingerprint density at radius 2 is 2.08 bits per heavy atom. The summed E-state index contributed by atoms with van der Waals surface area (Å²) in [6, 6.07) is 3.32. The molecule has 1 aliphatic rings. The van der Waals surface area contributed by atoms with Gasteiger partial charge in [-0.1, -0.05) is 0 Å². The quantitative estimate of drug-likeness (QED) is 0.790. The SMILES string of the molecule is CCOCc1ccc(C(=O)Nc2sc3c(c2C(=O)OC)CCCC3)o1. The van der Waals surface area contributed by atoms with Gasteiger partial charge >= 0.3 is 5.97 Å². The van der Waals surface area contributed by atoms with E-state index in [1.54, 1.807) is 12.1 Å². The van der Waals surface area contributed by atoms with Gasteiger partial charge in [0, 0.05) is 11.5 Å². The van der Waals surface area contributed by atoms with Crippen molar-refractivity contribution in [2.45, 2.75) is 39.2 Å². The highest BCUT2D eigenvalue weighted by Gasteiger charge is 2.27. The zero-order valence-corrected chi connectivity index (χ0v) is 15.2. The summed E-state index contributed by atoms with van der Waals surface area (Å²) in [4.78, 5) is 25.8. The number of amides is 1. The van der Waals surface area contributed by atoms with Crippen molar-refractivity contribution in [2.75, 3.05) is 19.0 Å². The molecule has 134 valence electrons. The van der Waals surface area contributed by atoms with Crippen molar-refractivity contribution in [1.29, 1.82) is 0 Å². The summed E-state index contributed by atoms with van der Waals surface area (Å²) in [6.45, 7) is 2.79. The number of fused-ring (bicyclic) bond motifs is 1. The van der Waals surface area contributed by atoms with E-state index in [2.05, 4.69) is 5.32 Å². The Balaban J connectivity index is 1.82. The van der Waals surface area contributed by atoms with E-state index in [9.17, 15) is 9.59 Å². The van der Waals surface area contributed by atoms with Crippen molar-refractivity contribution >= 4 is 28.2 Å². The average molecular weight is 363 g/mol. The number of thiophene rings is 1. The number of carbonyl (C=O) groups excluding carboxylic acids is 2. The maximum absolute atomic E-state index is 12.5. The van der Waals surface area contributed by atoms with E-state index in [1.807, 2.05) is 6.92 Å². The smallest absolute Gasteiger partial charge is 0.341 e. The lowest BCUT2D eigenvalue weighted by Gasteiger charge is -2.11. The third-order valence-electron chi connectivity index (χ3n) is 4.12. The molecule has 3 rings (SSSR count). The lowest BCUT2D eigenvalue weighted by atomic mass is 9.95. The van der Waals surface area contributed by atoms with Gasteiger partial charge in [-0.2, -0.15) is 0 Å². The van der Waals surface area contributed by atoms with Gasteiger partial charge in [-0.05, 0) is 50.3 Å². The monoisotopic (exact) mass is 363 g/mol. The fourth-order valence-corrected chi connectivity index (χ4v) is 4.19. The summed E-state index contributed by atoms with van der Waals surface area (Å²) < 4.78 is 15.7. The Labute approximate surface area is 150 Å². The molecule has 1 amide bonds. The van der Waals surface area contributed by atoms with Crippen molar-refractivity contribution < 1.29 is 23.5 Å². The first-order chi connectivity index (χ1) is 12.1. The molecule has 2 aromatic rings. The normalized spacial score (nSPS) is 13.4. The van der Waals surface area contributed by atoms with Crippen LogP contribution in [0.25, 0.3) is 0 Å². The Morgan fingerprint density at radius 3 is 2.84 bits per heavy atom. The van der Waals surface area contributed by atoms with E-state index in [-0.39, 0.29) is 11.7 Å². The highest BCUT2D eigenvalue weighted by Crippen LogP contribution is 2.38. The Morgan fingerprint density at radius 1 is 1.28 bits per heavy atom. The largest absolute Gasteiger partial charge is 0.465 e. The number of aryl methyl sites for hydroxylation is 1. The molecule has 0 radical (unpaired) electrons. The van der Waals surface area contributed by atoms with Crippen LogP contribution in [0.5, 0.6) is 0 Å². The van der Waals surface area contributed by atoms with Gasteiger partial charge in [0.05, 0.1) is 12.7 Å².